The highest BCUT2D eigenvalue weighted by molar-refractivity contribution is 6.32. The first-order valence-corrected chi connectivity index (χ1v) is 12.0. The normalized spacial score (nSPS) is 13.4. The molecule has 0 saturated carbocycles. The number of halogens is 1. The zero-order chi connectivity index (χ0) is 25.7. The summed E-state index contributed by atoms with van der Waals surface area (Å²) in [5.41, 5.74) is 3.43. The van der Waals surface area contributed by atoms with Crippen molar-refractivity contribution in [3.05, 3.63) is 65.3 Å². The van der Waals surface area contributed by atoms with Crippen LogP contribution in [0.25, 0.3) is 16.9 Å². The third-order valence-electron chi connectivity index (χ3n) is 5.83. The van der Waals surface area contributed by atoms with Crippen LogP contribution in [0.15, 0.2) is 54.6 Å². The number of rotatable bonds is 7. The zero-order valence-electron chi connectivity index (χ0n) is 20.1. The maximum absolute atomic E-state index is 12.4. The monoisotopic (exact) mass is 510 g/mol. The van der Waals surface area contributed by atoms with E-state index in [1.807, 2.05) is 42.5 Å². The van der Waals surface area contributed by atoms with Crippen molar-refractivity contribution in [2.45, 2.75) is 13.8 Å². The number of hydrogen-bond donors (Lipinski definition) is 0. The van der Waals surface area contributed by atoms with Crippen LogP contribution in [0, 0.1) is 0 Å². The first-order valence-electron chi connectivity index (χ1n) is 11.7. The Balaban J connectivity index is 1.52. The number of benzene rings is 2. The third kappa shape index (κ3) is 5.68. The van der Waals surface area contributed by atoms with E-state index in [0.717, 1.165) is 11.3 Å². The second kappa shape index (κ2) is 11.3. The smallest absolute Gasteiger partial charge is 0.358 e. The van der Waals surface area contributed by atoms with E-state index < -0.39 is 11.9 Å². The lowest BCUT2D eigenvalue weighted by Gasteiger charge is -2.36. The molecule has 0 N–H and O–H groups in total. The SMILES string of the molecule is CCOC(=O)c1cc(-c2ccc(N3CCN(C(=O)COC(C)=O)CC3)cc2)n(-c2ccccc2Cl)n1. The van der Waals surface area contributed by atoms with Crippen LogP contribution < -0.4 is 4.90 Å². The fraction of sp³-hybridized carbons (Fsp3) is 0.308. The molecule has 188 valence electrons. The van der Waals surface area contributed by atoms with Crippen LogP contribution in [0.5, 0.6) is 0 Å². The molecule has 2 aromatic carbocycles. The summed E-state index contributed by atoms with van der Waals surface area (Å²) in [5, 5.41) is 4.99. The van der Waals surface area contributed by atoms with Gasteiger partial charge in [0.15, 0.2) is 12.3 Å². The molecule has 1 saturated heterocycles. The molecule has 0 atom stereocenters. The molecule has 36 heavy (non-hydrogen) atoms. The summed E-state index contributed by atoms with van der Waals surface area (Å²) in [7, 11) is 0. The molecule has 1 aromatic heterocycles. The first kappa shape index (κ1) is 25.2. The van der Waals surface area contributed by atoms with Gasteiger partial charge in [0.2, 0.25) is 0 Å². The number of hydrogen-bond acceptors (Lipinski definition) is 7. The van der Waals surface area contributed by atoms with Gasteiger partial charge in [-0.05, 0) is 37.3 Å². The number of ether oxygens (including phenoxy) is 2. The van der Waals surface area contributed by atoms with E-state index >= 15 is 0 Å². The molecule has 0 aliphatic carbocycles. The molecule has 1 aliphatic heterocycles. The predicted molar refractivity (Wildman–Crippen MR) is 135 cm³/mol. The molecule has 4 rings (SSSR count). The Morgan fingerprint density at radius 3 is 2.31 bits per heavy atom. The summed E-state index contributed by atoms with van der Waals surface area (Å²) in [5.74, 6) is -1.15. The minimum absolute atomic E-state index is 0.189. The van der Waals surface area contributed by atoms with E-state index in [9.17, 15) is 14.4 Å². The van der Waals surface area contributed by atoms with Crippen LogP contribution in [0.2, 0.25) is 5.02 Å². The molecule has 0 unspecified atom stereocenters. The Morgan fingerprint density at radius 2 is 1.67 bits per heavy atom. The minimum atomic E-state index is -0.498. The largest absolute Gasteiger partial charge is 0.461 e. The van der Waals surface area contributed by atoms with Crippen molar-refractivity contribution in [2.75, 3.05) is 44.3 Å². The van der Waals surface area contributed by atoms with Crippen LogP contribution in [-0.2, 0) is 19.1 Å². The average Bonchev–Trinajstić information content (AvgIpc) is 3.33. The molecule has 3 aromatic rings. The van der Waals surface area contributed by atoms with E-state index in [4.69, 9.17) is 21.1 Å². The number of amides is 1. The summed E-state index contributed by atoms with van der Waals surface area (Å²) < 4.78 is 11.6. The molecule has 10 heteroatoms. The predicted octanol–water partition coefficient (Wildman–Crippen LogP) is 3.58. The second-order valence-electron chi connectivity index (χ2n) is 8.19. The summed E-state index contributed by atoms with van der Waals surface area (Å²) >= 11 is 6.43. The summed E-state index contributed by atoms with van der Waals surface area (Å²) in [6.45, 7) is 5.48. The molecule has 0 bridgehead atoms. The minimum Gasteiger partial charge on any atom is -0.461 e. The molecule has 9 nitrogen and oxygen atoms in total. The molecular weight excluding hydrogens is 484 g/mol. The maximum Gasteiger partial charge on any atom is 0.358 e. The summed E-state index contributed by atoms with van der Waals surface area (Å²) in [6.07, 6.45) is 0. The first-order chi connectivity index (χ1) is 17.4. The molecular formula is C26H27ClN4O5. The van der Waals surface area contributed by atoms with E-state index in [1.54, 1.807) is 28.6 Å². The number of carbonyl (C=O) groups is 3. The van der Waals surface area contributed by atoms with Gasteiger partial charge in [-0.1, -0.05) is 35.9 Å². The van der Waals surface area contributed by atoms with Crippen molar-refractivity contribution in [2.24, 2.45) is 0 Å². The summed E-state index contributed by atoms with van der Waals surface area (Å²) in [4.78, 5) is 39.4. The van der Waals surface area contributed by atoms with E-state index in [-0.39, 0.29) is 24.8 Å². The number of aromatic nitrogens is 2. The van der Waals surface area contributed by atoms with Crippen molar-refractivity contribution < 1.29 is 23.9 Å². The highest BCUT2D eigenvalue weighted by atomic mass is 35.5. The number of esters is 2. The van der Waals surface area contributed by atoms with E-state index in [1.165, 1.54) is 6.92 Å². The molecule has 2 heterocycles. The average molecular weight is 511 g/mol. The van der Waals surface area contributed by atoms with Crippen molar-refractivity contribution in [3.8, 4) is 16.9 Å². The molecule has 1 fully saturated rings. The topological polar surface area (TPSA) is 94.0 Å². The van der Waals surface area contributed by atoms with Crippen molar-refractivity contribution in [3.63, 3.8) is 0 Å². The number of para-hydroxylation sites is 1. The second-order valence-corrected chi connectivity index (χ2v) is 8.60. The Morgan fingerprint density at radius 1 is 0.972 bits per heavy atom. The number of nitrogens with zero attached hydrogens (tertiary/aromatic N) is 4. The van der Waals surface area contributed by atoms with Crippen LogP contribution in [-0.4, -0.2) is 71.9 Å². The van der Waals surface area contributed by atoms with Gasteiger partial charge in [-0.3, -0.25) is 9.59 Å². The van der Waals surface area contributed by atoms with Crippen molar-refractivity contribution >= 4 is 35.1 Å². The molecule has 0 radical (unpaired) electrons. The van der Waals surface area contributed by atoms with Crippen LogP contribution in [0.4, 0.5) is 5.69 Å². The van der Waals surface area contributed by atoms with Gasteiger partial charge >= 0.3 is 11.9 Å². The third-order valence-corrected chi connectivity index (χ3v) is 6.15. The molecule has 0 spiro atoms. The Kier molecular flexibility index (Phi) is 7.90. The van der Waals surface area contributed by atoms with Crippen LogP contribution in [0.1, 0.15) is 24.3 Å². The van der Waals surface area contributed by atoms with E-state index in [0.29, 0.717) is 42.6 Å². The van der Waals surface area contributed by atoms with Gasteiger partial charge in [0.25, 0.3) is 5.91 Å². The van der Waals surface area contributed by atoms with Crippen LogP contribution in [0.3, 0.4) is 0 Å². The van der Waals surface area contributed by atoms with Gasteiger partial charge in [-0.15, -0.1) is 0 Å². The highest BCUT2D eigenvalue weighted by Gasteiger charge is 2.23. The van der Waals surface area contributed by atoms with Gasteiger partial charge in [0, 0.05) is 44.4 Å². The van der Waals surface area contributed by atoms with Gasteiger partial charge in [0.1, 0.15) is 0 Å². The van der Waals surface area contributed by atoms with Crippen molar-refractivity contribution in [1.82, 2.24) is 14.7 Å². The molecule has 1 amide bonds. The lowest BCUT2D eigenvalue weighted by atomic mass is 10.1. The highest BCUT2D eigenvalue weighted by Crippen LogP contribution is 2.30. The number of piperazine rings is 1. The Hall–Kier alpha value is -3.85. The Bertz CT molecular complexity index is 1250. The van der Waals surface area contributed by atoms with Crippen LogP contribution >= 0.6 is 11.6 Å². The van der Waals surface area contributed by atoms with Gasteiger partial charge in [-0.2, -0.15) is 5.10 Å². The number of carbonyl (C=O) groups excluding carboxylic acids is 3. The Labute approximate surface area is 214 Å². The molecule has 1 aliphatic rings. The van der Waals surface area contributed by atoms with Gasteiger partial charge in [-0.25, -0.2) is 9.48 Å². The summed E-state index contributed by atoms with van der Waals surface area (Å²) in [6, 6.07) is 16.9. The van der Waals surface area contributed by atoms with E-state index in [2.05, 4.69) is 10.00 Å². The standard InChI is InChI=1S/C26H27ClN4O5/c1-3-35-26(34)22-16-24(31(28-22)23-7-5-4-6-21(23)27)19-8-10-20(11-9-19)29-12-14-30(15-13-29)25(33)17-36-18(2)32/h4-11,16H,3,12-15,17H2,1-2H3. The maximum atomic E-state index is 12.4. The fourth-order valence-corrected chi connectivity index (χ4v) is 4.23. The van der Waals surface area contributed by atoms with Gasteiger partial charge < -0.3 is 19.3 Å². The van der Waals surface area contributed by atoms with Crippen molar-refractivity contribution in [1.29, 1.82) is 0 Å². The fourth-order valence-electron chi connectivity index (χ4n) is 4.01. The number of anilines is 1. The lowest BCUT2D eigenvalue weighted by molar-refractivity contribution is -0.150. The lowest BCUT2D eigenvalue weighted by Crippen LogP contribution is -2.49. The van der Waals surface area contributed by atoms with Gasteiger partial charge in [0.05, 0.1) is 23.0 Å². The quantitative estimate of drug-likeness (QED) is 0.448. The zero-order valence-corrected chi connectivity index (χ0v) is 20.9.